The molecule has 3 aromatic rings. The first kappa shape index (κ1) is 14.8. The molecule has 0 atom stereocenters. The van der Waals surface area contributed by atoms with E-state index in [0.717, 1.165) is 18.7 Å². The number of fused-ring (bicyclic) bond motifs is 1. The molecule has 2 heterocycles. The number of benzene rings is 1. The van der Waals surface area contributed by atoms with E-state index in [1.54, 1.807) is 0 Å². The average molecular weight is 293 g/mol. The number of hydrogen-bond donors (Lipinski definition) is 1. The van der Waals surface area contributed by atoms with Gasteiger partial charge in [-0.3, -0.25) is 0 Å². The third-order valence-electron chi connectivity index (χ3n) is 4.20. The zero-order chi connectivity index (χ0) is 15.6. The molecule has 3 nitrogen and oxygen atoms in total. The molecule has 0 spiro atoms. The molecule has 0 fully saturated rings. The van der Waals surface area contributed by atoms with E-state index in [4.69, 9.17) is 0 Å². The van der Waals surface area contributed by atoms with Gasteiger partial charge < -0.3 is 9.72 Å². The van der Waals surface area contributed by atoms with Crippen molar-refractivity contribution in [3.8, 4) is 0 Å². The van der Waals surface area contributed by atoms with Gasteiger partial charge >= 0.3 is 0 Å². The molecule has 0 saturated carbocycles. The van der Waals surface area contributed by atoms with Gasteiger partial charge in [-0.05, 0) is 24.6 Å². The molecule has 3 heteroatoms. The number of imidazole rings is 1. The standard InChI is InChI=1S/C19H23N3/c1-15-7-9-16(10-8-15)19(2,3)14-20-12-17-13-21-18-6-4-5-11-22(17)18/h4-11,13,20H,12,14H2,1-3H3. The molecule has 22 heavy (non-hydrogen) atoms. The number of hydrogen-bond acceptors (Lipinski definition) is 2. The van der Waals surface area contributed by atoms with Crippen LogP contribution in [0.2, 0.25) is 0 Å². The molecular weight excluding hydrogens is 270 g/mol. The van der Waals surface area contributed by atoms with E-state index < -0.39 is 0 Å². The predicted molar refractivity (Wildman–Crippen MR) is 91.1 cm³/mol. The molecule has 0 unspecified atom stereocenters. The summed E-state index contributed by atoms with van der Waals surface area (Å²) < 4.78 is 2.13. The van der Waals surface area contributed by atoms with E-state index in [1.165, 1.54) is 16.8 Å². The molecule has 3 rings (SSSR count). The molecule has 0 radical (unpaired) electrons. The number of nitrogens with zero attached hydrogens (tertiary/aromatic N) is 2. The monoisotopic (exact) mass is 293 g/mol. The first-order chi connectivity index (χ1) is 10.6. The van der Waals surface area contributed by atoms with E-state index in [2.05, 4.69) is 65.9 Å². The predicted octanol–water partition coefficient (Wildman–Crippen LogP) is 3.71. The normalized spacial score (nSPS) is 12.0. The molecule has 0 aliphatic rings. The van der Waals surface area contributed by atoms with Gasteiger partial charge in [0.05, 0.1) is 11.9 Å². The summed E-state index contributed by atoms with van der Waals surface area (Å²) in [5, 5.41) is 3.57. The Hall–Kier alpha value is -2.13. The number of nitrogens with one attached hydrogen (secondary N) is 1. The molecule has 1 aromatic carbocycles. The fourth-order valence-corrected chi connectivity index (χ4v) is 2.73. The van der Waals surface area contributed by atoms with Crippen molar-refractivity contribution in [2.24, 2.45) is 0 Å². The van der Waals surface area contributed by atoms with Gasteiger partial charge in [0.1, 0.15) is 5.65 Å². The highest BCUT2D eigenvalue weighted by molar-refractivity contribution is 5.39. The van der Waals surface area contributed by atoms with E-state index in [-0.39, 0.29) is 5.41 Å². The molecule has 0 aliphatic carbocycles. The lowest BCUT2D eigenvalue weighted by Crippen LogP contribution is -2.32. The number of pyridine rings is 1. The second kappa shape index (κ2) is 5.93. The molecule has 0 bridgehead atoms. The third kappa shape index (κ3) is 3.04. The van der Waals surface area contributed by atoms with Crippen LogP contribution < -0.4 is 5.32 Å². The summed E-state index contributed by atoms with van der Waals surface area (Å²) in [6, 6.07) is 14.9. The van der Waals surface area contributed by atoms with E-state index in [1.807, 2.05) is 24.4 Å². The van der Waals surface area contributed by atoms with Crippen LogP contribution in [0.4, 0.5) is 0 Å². The second-order valence-corrected chi connectivity index (χ2v) is 6.53. The van der Waals surface area contributed by atoms with Gasteiger partial charge in [-0.2, -0.15) is 0 Å². The van der Waals surface area contributed by atoms with E-state index in [9.17, 15) is 0 Å². The quantitative estimate of drug-likeness (QED) is 0.777. The Kier molecular flexibility index (Phi) is 3.99. The fraction of sp³-hybridized carbons (Fsp3) is 0.316. The Morgan fingerprint density at radius 1 is 1.09 bits per heavy atom. The van der Waals surface area contributed by atoms with Crippen LogP contribution in [-0.2, 0) is 12.0 Å². The summed E-state index contributed by atoms with van der Waals surface area (Å²) in [7, 11) is 0. The minimum Gasteiger partial charge on any atom is -0.310 e. The Bertz CT molecular complexity index is 754. The van der Waals surface area contributed by atoms with Crippen molar-refractivity contribution in [1.82, 2.24) is 14.7 Å². The summed E-state index contributed by atoms with van der Waals surface area (Å²) in [6.45, 7) is 8.43. The molecule has 0 amide bonds. The van der Waals surface area contributed by atoms with Crippen LogP contribution in [0.15, 0.2) is 54.9 Å². The molecule has 0 saturated heterocycles. The first-order valence-electron chi connectivity index (χ1n) is 7.75. The van der Waals surface area contributed by atoms with Gasteiger partial charge in [0.25, 0.3) is 0 Å². The third-order valence-corrected chi connectivity index (χ3v) is 4.20. The van der Waals surface area contributed by atoms with Gasteiger partial charge in [0, 0.05) is 24.7 Å². The van der Waals surface area contributed by atoms with Gasteiger partial charge in [-0.15, -0.1) is 0 Å². The lowest BCUT2D eigenvalue weighted by Gasteiger charge is -2.26. The average Bonchev–Trinajstić information content (AvgIpc) is 2.91. The van der Waals surface area contributed by atoms with Gasteiger partial charge in [0.15, 0.2) is 0 Å². The number of aryl methyl sites for hydroxylation is 1. The van der Waals surface area contributed by atoms with Crippen molar-refractivity contribution in [2.45, 2.75) is 32.7 Å². The van der Waals surface area contributed by atoms with Crippen LogP contribution in [0.25, 0.3) is 5.65 Å². The Morgan fingerprint density at radius 2 is 1.86 bits per heavy atom. The highest BCUT2D eigenvalue weighted by atomic mass is 15.0. The number of rotatable bonds is 5. The molecule has 0 aliphatic heterocycles. The minimum absolute atomic E-state index is 0.105. The zero-order valence-electron chi connectivity index (χ0n) is 13.5. The van der Waals surface area contributed by atoms with Crippen LogP contribution in [0.3, 0.4) is 0 Å². The van der Waals surface area contributed by atoms with Crippen molar-refractivity contribution in [1.29, 1.82) is 0 Å². The molecular formula is C19H23N3. The smallest absolute Gasteiger partial charge is 0.136 e. The SMILES string of the molecule is Cc1ccc(C(C)(C)CNCc2cnc3ccccn23)cc1. The van der Waals surface area contributed by atoms with Crippen LogP contribution in [0.5, 0.6) is 0 Å². The van der Waals surface area contributed by atoms with Gasteiger partial charge in [-0.1, -0.05) is 49.7 Å². The molecule has 1 N–H and O–H groups in total. The van der Waals surface area contributed by atoms with Crippen molar-refractivity contribution in [3.63, 3.8) is 0 Å². The summed E-state index contributed by atoms with van der Waals surface area (Å²) in [4.78, 5) is 4.42. The van der Waals surface area contributed by atoms with Crippen molar-refractivity contribution in [2.75, 3.05) is 6.54 Å². The van der Waals surface area contributed by atoms with Crippen LogP contribution in [0.1, 0.15) is 30.7 Å². The molecule has 2 aromatic heterocycles. The Balaban J connectivity index is 1.66. The maximum atomic E-state index is 4.42. The van der Waals surface area contributed by atoms with Crippen molar-refractivity contribution >= 4 is 5.65 Å². The topological polar surface area (TPSA) is 29.3 Å². The fourth-order valence-electron chi connectivity index (χ4n) is 2.73. The lowest BCUT2D eigenvalue weighted by atomic mass is 9.84. The van der Waals surface area contributed by atoms with Gasteiger partial charge in [0.2, 0.25) is 0 Å². The van der Waals surface area contributed by atoms with Crippen molar-refractivity contribution in [3.05, 3.63) is 71.7 Å². The molecule has 114 valence electrons. The summed E-state index contributed by atoms with van der Waals surface area (Å²) in [6.07, 6.45) is 4.01. The van der Waals surface area contributed by atoms with Crippen LogP contribution in [-0.4, -0.2) is 15.9 Å². The minimum atomic E-state index is 0.105. The summed E-state index contributed by atoms with van der Waals surface area (Å²) in [5.41, 5.74) is 4.96. The second-order valence-electron chi connectivity index (χ2n) is 6.53. The zero-order valence-corrected chi connectivity index (χ0v) is 13.5. The highest BCUT2D eigenvalue weighted by Crippen LogP contribution is 2.22. The van der Waals surface area contributed by atoms with Crippen LogP contribution >= 0.6 is 0 Å². The van der Waals surface area contributed by atoms with E-state index >= 15 is 0 Å². The Morgan fingerprint density at radius 3 is 2.64 bits per heavy atom. The van der Waals surface area contributed by atoms with E-state index in [0.29, 0.717) is 0 Å². The largest absolute Gasteiger partial charge is 0.310 e. The maximum Gasteiger partial charge on any atom is 0.136 e. The lowest BCUT2D eigenvalue weighted by molar-refractivity contribution is 0.466. The van der Waals surface area contributed by atoms with Crippen molar-refractivity contribution < 1.29 is 0 Å². The Labute approximate surface area is 132 Å². The van der Waals surface area contributed by atoms with Gasteiger partial charge in [-0.25, -0.2) is 4.98 Å². The summed E-state index contributed by atoms with van der Waals surface area (Å²) >= 11 is 0. The van der Waals surface area contributed by atoms with Crippen LogP contribution in [0, 0.1) is 6.92 Å². The summed E-state index contributed by atoms with van der Waals surface area (Å²) in [5.74, 6) is 0. The number of aromatic nitrogens is 2. The maximum absolute atomic E-state index is 4.42. The first-order valence-corrected chi connectivity index (χ1v) is 7.75. The highest BCUT2D eigenvalue weighted by Gasteiger charge is 2.20.